The quantitative estimate of drug-likeness (QED) is 0.526. The van der Waals surface area contributed by atoms with E-state index in [0.717, 1.165) is 12.5 Å². The van der Waals surface area contributed by atoms with E-state index in [0.29, 0.717) is 11.9 Å². The Labute approximate surface area is 67.1 Å². The summed E-state index contributed by atoms with van der Waals surface area (Å²) in [6.07, 6.45) is 1.22. The molecular weight excluding hydrogens is 138 g/mol. The van der Waals surface area contributed by atoms with E-state index in [1.165, 1.54) is 6.42 Å². The van der Waals surface area contributed by atoms with Crippen molar-refractivity contribution < 1.29 is 0 Å². The predicted octanol–water partition coefficient (Wildman–Crippen LogP) is 0.319. The molecule has 0 radical (unpaired) electrons. The van der Waals surface area contributed by atoms with Crippen LogP contribution in [0.15, 0.2) is 4.99 Å². The lowest BCUT2D eigenvalue weighted by molar-refractivity contribution is 0.0616. The van der Waals surface area contributed by atoms with Crippen LogP contribution in [-0.4, -0.2) is 18.0 Å². The van der Waals surface area contributed by atoms with Crippen molar-refractivity contribution >= 4 is 5.96 Å². The second kappa shape index (κ2) is 1.90. The Morgan fingerprint density at radius 2 is 2.36 bits per heavy atom. The highest BCUT2D eigenvalue weighted by molar-refractivity contribution is 5.81. The molecule has 3 unspecified atom stereocenters. The van der Waals surface area contributed by atoms with E-state index >= 15 is 0 Å². The second-order valence-electron chi connectivity index (χ2n) is 3.95. The van der Waals surface area contributed by atoms with Crippen molar-refractivity contribution in [3.8, 4) is 0 Å². The van der Waals surface area contributed by atoms with Crippen molar-refractivity contribution in [1.82, 2.24) is 5.32 Å². The summed E-state index contributed by atoms with van der Waals surface area (Å²) in [5.74, 6) is 2.17. The molecule has 0 aromatic rings. The number of hydrogen-bond donors (Lipinski definition) is 2. The van der Waals surface area contributed by atoms with Crippen LogP contribution in [0.25, 0.3) is 0 Å². The first-order valence-electron chi connectivity index (χ1n) is 4.22. The molecule has 0 bridgehead atoms. The van der Waals surface area contributed by atoms with Gasteiger partial charge in [-0.25, -0.2) is 0 Å². The highest BCUT2D eigenvalue weighted by atomic mass is 15.2. The topological polar surface area (TPSA) is 50.4 Å². The Morgan fingerprint density at radius 3 is 2.73 bits per heavy atom. The lowest BCUT2D eigenvalue weighted by atomic mass is 9.61. The SMILES string of the molecule is CC1CC2(CN=C(N)N2)C1C. The average Bonchev–Trinajstić information content (AvgIpc) is 2.34. The first kappa shape index (κ1) is 6.95. The summed E-state index contributed by atoms with van der Waals surface area (Å²) >= 11 is 0. The fourth-order valence-electron chi connectivity index (χ4n) is 2.26. The largest absolute Gasteiger partial charge is 0.370 e. The molecule has 0 aromatic heterocycles. The normalized spacial score (nSPS) is 48.4. The van der Waals surface area contributed by atoms with Gasteiger partial charge in [0.15, 0.2) is 5.96 Å². The fraction of sp³-hybridized carbons (Fsp3) is 0.875. The smallest absolute Gasteiger partial charge is 0.189 e. The predicted molar refractivity (Wildman–Crippen MR) is 45.3 cm³/mol. The van der Waals surface area contributed by atoms with Crippen LogP contribution in [0.3, 0.4) is 0 Å². The number of aliphatic imine (C=N–C) groups is 1. The van der Waals surface area contributed by atoms with Gasteiger partial charge in [-0.1, -0.05) is 13.8 Å². The molecule has 1 heterocycles. The maximum Gasteiger partial charge on any atom is 0.189 e. The summed E-state index contributed by atoms with van der Waals surface area (Å²) < 4.78 is 0. The van der Waals surface area contributed by atoms with Crippen LogP contribution >= 0.6 is 0 Å². The number of nitrogens with one attached hydrogen (secondary N) is 1. The van der Waals surface area contributed by atoms with Crippen LogP contribution in [0.1, 0.15) is 20.3 Å². The number of nitrogens with two attached hydrogens (primary N) is 1. The van der Waals surface area contributed by atoms with Crippen LogP contribution in [0.5, 0.6) is 0 Å². The molecule has 1 saturated carbocycles. The van der Waals surface area contributed by atoms with Crippen molar-refractivity contribution in [2.24, 2.45) is 22.6 Å². The maximum atomic E-state index is 5.57. The van der Waals surface area contributed by atoms with E-state index < -0.39 is 0 Å². The van der Waals surface area contributed by atoms with Crippen molar-refractivity contribution in [3.05, 3.63) is 0 Å². The molecule has 2 aliphatic rings. The number of rotatable bonds is 0. The van der Waals surface area contributed by atoms with E-state index in [2.05, 4.69) is 24.2 Å². The molecule has 0 amide bonds. The van der Waals surface area contributed by atoms with E-state index in [9.17, 15) is 0 Å². The molecule has 1 fully saturated rings. The van der Waals surface area contributed by atoms with Crippen LogP contribution in [-0.2, 0) is 0 Å². The zero-order valence-corrected chi connectivity index (χ0v) is 7.09. The van der Waals surface area contributed by atoms with Gasteiger partial charge >= 0.3 is 0 Å². The van der Waals surface area contributed by atoms with E-state index in [1.807, 2.05) is 0 Å². The second-order valence-corrected chi connectivity index (χ2v) is 3.95. The molecule has 11 heavy (non-hydrogen) atoms. The van der Waals surface area contributed by atoms with Gasteiger partial charge in [0.05, 0.1) is 12.1 Å². The minimum absolute atomic E-state index is 0.240. The van der Waals surface area contributed by atoms with Crippen molar-refractivity contribution in [2.75, 3.05) is 6.54 Å². The highest BCUT2D eigenvalue weighted by Gasteiger charge is 2.51. The Hall–Kier alpha value is -0.730. The Balaban J connectivity index is 2.07. The molecule has 62 valence electrons. The van der Waals surface area contributed by atoms with Crippen LogP contribution in [0, 0.1) is 11.8 Å². The van der Waals surface area contributed by atoms with E-state index in [1.54, 1.807) is 0 Å². The first-order chi connectivity index (χ1) is 5.14. The lowest BCUT2D eigenvalue weighted by Gasteiger charge is -2.50. The Morgan fingerprint density at radius 1 is 1.64 bits per heavy atom. The first-order valence-corrected chi connectivity index (χ1v) is 4.22. The number of nitrogens with zero attached hydrogens (tertiary/aromatic N) is 1. The average molecular weight is 153 g/mol. The third-order valence-corrected chi connectivity index (χ3v) is 3.32. The van der Waals surface area contributed by atoms with Gasteiger partial charge in [0, 0.05) is 0 Å². The molecule has 0 saturated heterocycles. The van der Waals surface area contributed by atoms with Crippen LogP contribution in [0.2, 0.25) is 0 Å². The Kier molecular flexibility index (Phi) is 1.20. The minimum Gasteiger partial charge on any atom is -0.370 e. The summed E-state index contributed by atoms with van der Waals surface area (Å²) in [4.78, 5) is 4.18. The summed E-state index contributed by atoms with van der Waals surface area (Å²) in [6, 6.07) is 0. The number of hydrogen-bond acceptors (Lipinski definition) is 3. The van der Waals surface area contributed by atoms with Crippen molar-refractivity contribution in [2.45, 2.75) is 25.8 Å². The minimum atomic E-state index is 0.240. The van der Waals surface area contributed by atoms with Gasteiger partial charge in [-0.3, -0.25) is 4.99 Å². The standard InChI is InChI=1S/C8H15N3/c1-5-3-8(6(5)2)4-10-7(9)11-8/h5-6H,3-4H2,1-2H3,(H3,9,10,11). The zero-order chi connectivity index (χ0) is 8.06. The molecule has 3 atom stereocenters. The Bertz CT molecular complexity index is 211. The van der Waals surface area contributed by atoms with E-state index in [4.69, 9.17) is 5.73 Å². The van der Waals surface area contributed by atoms with Gasteiger partial charge in [-0.05, 0) is 18.3 Å². The van der Waals surface area contributed by atoms with Gasteiger partial charge in [-0.15, -0.1) is 0 Å². The van der Waals surface area contributed by atoms with Gasteiger partial charge in [0.25, 0.3) is 0 Å². The van der Waals surface area contributed by atoms with E-state index in [-0.39, 0.29) is 5.54 Å². The summed E-state index contributed by atoms with van der Waals surface area (Å²) in [6.45, 7) is 5.44. The van der Waals surface area contributed by atoms with Crippen molar-refractivity contribution in [1.29, 1.82) is 0 Å². The van der Waals surface area contributed by atoms with Crippen molar-refractivity contribution in [3.63, 3.8) is 0 Å². The number of guanidine groups is 1. The van der Waals surface area contributed by atoms with Gasteiger partial charge in [-0.2, -0.15) is 0 Å². The van der Waals surface area contributed by atoms with Gasteiger partial charge in [0.1, 0.15) is 0 Å². The monoisotopic (exact) mass is 153 g/mol. The molecular formula is C8H15N3. The van der Waals surface area contributed by atoms with Gasteiger partial charge in [0.2, 0.25) is 0 Å². The maximum absolute atomic E-state index is 5.57. The molecule has 0 aromatic carbocycles. The molecule has 3 N–H and O–H groups in total. The summed E-state index contributed by atoms with van der Waals surface area (Å²) in [5, 5.41) is 3.27. The molecule has 1 aliphatic carbocycles. The van der Waals surface area contributed by atoms with Crippen LogP contribution in [0.4, 0.5) is 0 Å². The van der Waals surface area contributed by atoms with Crippen LogP contribution < -0.4 is 11.1 Å². The molecule has 3 nitrogen and oxygen atoms in total. The summed E-state index contributed by atoms with van der Waals surface area (Å²) in [5.41, 5.74) is 5.81. The third-order valence-electron chi connectivity index (χ3n) is 3.32. The summed E-state index contributed by atoms with van der Waals surface area (Å²) in [7, 11) is 0. The fourth-order valence-corrected chi connectivity index (χ4v) is 2.26. The van der Waals surface area contributed by atoms with Gasteiger partial charge < -0.3 is 11.1 Å². The molecule has 2 rings (SSSR count). The molecule has 1 aliphatic heterocycles. The highest BCUT2D eigenvalue weighted by Crippen LogP contribution is 2.44. The molecule has 3 heteroatoms. The third kappa shape index (κ3) is 0.767. The lowest BCUT2D eigenvalue weighted by Crippen LogP contribution is -2.62. The zero-order valence-electron chi connectivity index (χ0n) is 7.09. The molecule has 1 spiro atoms.